The van der Waals surface area contributed by atoms with Crippen LogP contribution in [0.25, 0.3) is 0 Å². The fraction of sp³-hybridized carbons (Fsp3) is 0.538. The highest BCUT2D eigenvalue weighted by atomic mass is 79.9. The van der Waals surface area contributed by atoms with Crippen molar-refractivity contribution in [2.24, 2.45) is 5.92 Å². The topological polar surface area (TPSA) is 79.4 Å². The maximum atomic E-state index is 12.4. The zero-order valence-electron chi connectivity index (χ0n) is 11.8. The molecule has 1 aromatic rings. The van der Waals surface area contributed by atoms with E-state index in [4.69, 9.17) is 0 Å². The quantitative estimate of drug-likeness (QED) is 0.803. The third-order valence-corrected chi connectivity index (χ3v) is 4.51. The summed E-state index contributed by atoms with van der Waals surface area (Å²) in [6.45, 7) is 1.60. The molecule has 1 amide bonds. The van der Waals surface area contributed by atoms with Crippen molar-refractivity contribution in [3.05, 3.63) is 28.5 Å². The van der Waals surface area contributed by atoms with Crippen molar-refractivity contribution in [3.63, 3.8) is 0 Å². The Bertz CT molecular complexity index is 621. The van der Waals surface area contributed by atoms with E-state index in [1.54, 1.807) is 23.1 Å². The Kier molecular flexibility index (Phi) is 5.34. The first kappa shape index (κ1) is 16.4. The Labute approximate surface area is 133 Å². The number of hydrogen-bond donors (Lipinski definition) is 1. The summed E-state index contributed by atoms with van der Waals surface area (Å²) < 4.78 is 25.4. The lowest BCUT2D eigenvalue weighted by Crippen LogP contribution is -2.43. The van der Waals surface area contributed by atoms with E-state index in [1.165, 1.54) is 0 Å². The van der Waals surface area contributed by atoms with Gasteiger partial charge in [-0.05, 0) is 46.8 Å². The van der Waals surface area contributed by atoms with Crippen LogP contribution in [-0.4, -0.2) is 50.1 Å². The van der Waals surface area contributed by atoms with Gasteiger partial charge in [-0.15, -0.1) is 0 Å². The summed E-state index contributed by atoms with van der Waals surface area (Å²) in [5.74, 6) is 0.0323. The number of hydrogen-bond acceptors (Lipinski definition) is 4. The summed E-state index contributed by atoms with van der Waals surface area (Å²) in [6.07, 6.45) is 2.93. The maximum absolute atomic E-state index is 12.4. The number of pyridine rings is 1. The Morgan fingerprint density at radius 3 is 2.95 bits per heavy atom. The lowest BCUT2D eigenvalue weighted by molar-refractivity contribution is 0.0670. The van der Waals surface area contributed by atoms with Gasteiger partial charge in [0.15, 0.2) is 0 Å². The molecule has 0 saturated carbocycles. The van der Waals surface area contributed by atoms with E-state index in [0.29, 0.717) is 29.9 Å². The Hall–Kier alpha value is -0.990. The molecular formula is C13H18BrN3O3S. The largest absolute Gasteiger partial charge is 0.337 e. The van der Waals surface area contributed by atoms with E-state index in [1.807, 2.05) is 0 Å². The van der Waals surface area contributed by atoms with Crippen LogP contribution >= 0.6 is 15.9 Å². The van der Waals surface area contributed by atoms with E-state index in [2.05, 4.69) is 25.6 Å². The van der Waals surface area contributed by atoms with E-state index >= 15 is 0 Å². The van der Waals surface area contributed by atoms with Gasteiger partial charge >= 0.3 is 0 Å². The van der Waals surface area contributed by atoms with E-state index in [9.17, 15) is 13.2 Å². The SMILES string of the molecule is CS(=O)(=O)NCC1CCCN(C(=O)c2cccc(Br)n2)C1. The van der Waals surface area contributed by atoms with Crippen LogP contribution in [-0.2, 0) is 10.0 Å². The van der Waals surface area contributed by atoms with Crippen LogP contribution in [0, 0.1) is 5.92 Å². The zero-order valence-corrected chi connectivity index (χ0v) is 14.2. The highest BCUT2D eigenvalue weighted by Gasteiger charge is 2.25. The van der Waals surface area contributed by atoms with Gasteiger partial charge in [0.1, 0.15) is 10.3 Å². The van der Waals surface area contributed by atoms with Gasteiger partial charge in [0, 0.05) is 19.6 Å². The molecule has 1 aromatic heterocycles. The molecule has 0 radical (unpaired) electrons. The molecule has 6 nitrogen and oxygen atoms in total. The summed E-state index contributed by atoms with van der Waals surface area (Å²) in [5.41, 5.74) is 0.404. The number of piperidine rings is 1. The van der Waals surface area contributed by atoms with E-state index in [0.717, 1.165) is 19.1 Å². The fourth-order valence-electron chi connectivity index (χ4n) is 2.37. The number of rotatable bonds is 4. The molecule has 2 heterocycles. The maximum Gasteiger partial charge on any atom is 0.272 e. The molecule has 2 rings (SSSR count). The third kappa shape index (κ3) is 5.05. The predicted octanol–water partition coefficient (Wildman–Crippen LogP) is 1.25. The van der Waals surface area contributed by atoms with Crippen LogP contribution in [0.3, 0.4) is 0 Å². The number of nitrogens with one attached hydrogen (secondary N) is 1. The van der Waals surface area contributed by atoms with Crippen molar-refractivity contribution in [1.82, 2.24) is 14.6 Å². The molecule has 0 bridgehead atoms. The van der Waals surface area contributed by atoms with Gasteiger partial charge in [-0.25, -0.2) is 18.1 Å². The molecular weight excluding hydrogens is 358 g/mol. The van der Waals surface area contributed by atoms with Crippen molar-refractivity contribution in [2.45, 2.75) is 12.8 Å². The standard InChI is InChI=1S/C13H18BrN3O3S/c1-21(19,20)15-8-10-4-3-7-17(9-10)13(18)11-5-2-6-12(14)16-11/h2,5-6,10,15H,3-4,7-9H2,1H3. The van der Waals surface area contributed by atoms with E-state index < -0.39 is 10.0 Å². The molecule has 1 atom stereocenters. The number of amides is 1. The zero-order chi connectivity index (χ0) is 15.5. The second kappa shape index (κ2) is 6.85. The lowest BCUT2D eigenvalue weighted by Gasteiger charge is -2.32. The minimum Gasteiger partial charge on any atom is -0.337 e. The number of carbonyl (C=O) groups excluding carboxylic acids is 1. The Morgan fingerprint density at radius 1 is 1.52 bits per heavy atom. The van der Waals surface area contributed by atoms with Gasteiger partial charge in [-0.2, -0.15) is 0 Å². The second-order valence-electron chi connectivity index (χ2n) is 5.23. The van der Waals surface area contributed by atoms with Gasteiger partial charge in [0.25, 0.3) is 5.91 Å². The number of carbonyl (C=O) groups is 1. The highest BCUT2D eigenvalue weighted by molar-refractivity contribution is 9.10. The van der Waals surface area contributed by atoms with Crippen molar-refractivity contribution in [3.8, 4) is 0 Å². The predicted molar refractivity (Wildman–Crippen MR) is 83.4 cm³/mol. The molecule has 1 aliphatic rings. The van der Waals surface area contributed by atoms with Crippen LogP contribution in [0.5, 0.6) is 0 Å². The van der Waals surface area contributed by atoms with Gasteiger partial charge in [0.2, 0.25) is 10.0 Å². The van der Waals surface area contributed by atoms with Gasteiger partial charge in [-0.3, -0.25) is 4.79 Å². The minimum atomic E-state index is -3.19. The first-order valence-electron chi connectivity index (χ1n) is 6.71. The summed E-state index contributed by atoms with van der Waals surface area (Å²) in [5, 5.41) is 0. The van der Waals surface area contributed by atoms with Crippen molar-refractivity contribution >= 4 is 31.9 Å². The number of halogens is 1. The van der Waals surface area contributed by atoms with Crippen molar-refractivity contribution in [2.75, 3.05) is 25.9 Å². The van der Waals surface area contributed by atoms with Crippen LogP contribution in [0.1, 0.15) is 23.3 Å². The Morgan fingerprint density at radius 2 is 2.29 bits per heavy atom. The monoisotopic (exact) mass is 375 g/mol. The van der Waals surface area contributed by atoms with Crippen LogP contribution in [0.15, 0.2) is 22.8 Å². The summed E-state index contributed by atoms with van der Waals surface area (Å²) in [6, 6.07) is 5.23. The van der Waals surface area contributed by atoms with Crippen LogP contribution in [0.4, 0.5) is 0 Å². The van der Waals surface area contributed by atoms with Crippen molar-refractivity contribution < 1.29 is 13.2 Å². The average Bonchev–Trinajstić information content (AvgIpc) is 2.44. The number of aromatic nitrogens is 1. The molecule has 0 aromatic carbocycles. The number of nitrogens with zero attached hydrogens (tertiary/aromatic N) is 2. The molecule has 0 spiro atoms. The van der Waals surface area contributed by atoms with Gasteiger partial charge in [-0.1, -0.05) is 6.07 Å². The molecule has 1 N–H and O–H groups in total. The van der Waals surface area contributed by atoms with E-state index in [-0.39, 0.29) is 11.8 Å². The molecule has 116 valence electrons. The Balaban J connectivity index is 1.99. The third-order valence-electron chi connectivity index (χ3n) is 3.37. The lowest BCUT2D eigenvalue weighted by atomic mass is 9.98. The molecule has 1 fully saturated rings. The number of likely N-dealkylation sites (tertiary alicyclic amines) is 1. The molecule has 1 unspecified atom stereocenters. The molecule has 0 aliphatic carbocycles. The smallest absolute Gasteiger partial charge is 0.272 e. The summed E-state index contributed by atoms with van der Waals surface area (Å²) >= 11 is 3.25. The summed E-state index contributed by atoms with van der Waals surface area (Å²) in [4.78, 5) is 18.3. The normalized spacial score (nSPS) is 19.5. The minimum absolute atomic E-state index is 0.111. The fourth-order valence-corrected chi connectivity index (χ4v) is 3.26. The van der Waals surface area contributed by atoms with Crippen LogP contribution in [0.2, 0.25) is 0 Å². The molecule has 1 aliphatic heterocycles. The highest BCUT2D eigenvalue weighted by Crippen LogP contribution is 2.18. The van der Waals surface area contributed by atoms with Crippen LogP contribution < -0.4 is 4.72 Å². The van der Waals surface area contributed by atoms with Crippen molar-refractivity contribution in [1.29, 1.82) is 0 Å². The summed E-state index contributed by atoms with van der Waals surface area (Å²) in [7, 11) is -3.19. The van der Waals surface area contributed by atoms with Gasteiger partial charge < -0.3 is 4.90 Å². The number of sulfonamides is 1. The first-order valence-corrected chi connectivity index (χ1v) is 9.40. The average molecular weight is 376 g/mol. The molecule has 8 heteroatoms. The second-order valence-corrected chi connectivity index (χ2v) is 7.87. The first-order chi connectivity index (χ1) is 9.85. The van der Waals surface area contributed by atoms with Gasteiger partial charge in [0.05, 0.1) is 6.26 Å². The molecule has 21 heavy (non-hydrogen) atoms. The molecule has 1 saturated heterocycles.